The Bertz CT molecular complexity index is 525. The van der Waals surface area contributed by atoms with Gasteiger partial charge in [0, 0.05) is 0 Å². The maximum absolute atomic E-state index is 5.92. The molecular weight excluding hydrogens is 274 g/mol. The Morgan fingerprint density at radius 3 is 2.27 bits per heavy atom. The van der Waals surface area contributed by atoms with Crippen molar-refractivity contribution in [2.24, 2.45) is 5.73 Å². The van der Waals surface area contributed by atoms with Crippen molar-refractivity contribution >= 4 is 0 Å². The average Bonchev–Trinajstić information content (AvgIpc) is 2.59. The van der Waals surface area contributed by atoms with Crippen molar-refractivity contribution in [3.05, 3.63) is 60.2 Å². The van der Waals surface area contributed by atoms with Gasteiger partial charge in [0.25, 0.3) is 0 Å². The molecule has 1 atom stereocenters. The molecule has 2 rings (SSSR count). The number of rotatable bonds is 9. The van der Waals surface area contributed by atoms with Gasteiger partial charge in [-0.25, -0.2) is 0 Å². The number of benzene rings is 2. The van der Waals surface area contributed by atoms with Crippen molar-refractivity contribution in [3.63, 3.8) is 0 Å². The highest BCUT2D eigenvalue weighted by Crippen LogP contribution is 2.23. The zero-order valence-electron chi connectivity index (χ0n) is 13.2. The van der Waals surface area contributed by atoms with Crippen LogP contribution < -0.4 is 15.2 Å². The molecule has 22 heavy (non-hydrogen) atoms. The lowest BCUT2D eigenvalue weighted by Crippen LogP contribution is -2.13. The van der Waals surface area contributed by atoms with Gasteiger partial charge in [-0.15, -0.1) is 0 Å². The third-order valence-corrected chi connectivity index (χ3v) is 3.83. The molecule has 0 saturated carbocycles. The molecule has 0 bridgehead atoms. The van der Waals surface area contributed by atoms with Crippen molar-refractivity contribution in [2.75, 3.05) is 20.3 Å². The summed E-state index contributed by atoms with van der Waals surface area (Å²) in [5, 5.41) is 0. The molecule has 0 heterocycles. The van der Waals surface area contributed by atoms with Crippen LogP contribution >= 0.6 is 0 Å². The molecule has 1 unspecified atom stereocenters. The van der Waals surface area contributed by atoms with Crippen molar-refractivity contribution in [1.29, 1.82) is 0 Å². The lowest BCUT2D eigenvalue weighted by atomic mass is 9.93. The third-order valence-electron chi connectivity index (χ3n) is 3.83. The molecule has 3 heteroatoms. The van der Waals surface area contributed by atoms with E-state index in [1.165, 1.54) is 5.56 Å². The molecule has 2 aromatic carbocycles. The number of para-hydroxylation sites is 1. The number of nitrogens with two attached hydrogens (primary N) is 1. The average molecular weight is 299 g/mol. The highest BCUT2D eigenvalue weighted by atomic mass is 16.5. The summed E-state index contributed by atoms with van der Waals surface area (Å²) in [4.78, 5) is 0. The third kappa shape index (κ3) is 5.08. The van der Waals surface area contributed by atoms with Gasteiger partial charge in [-0.1, -0.05) is 30.3 Å². The monoisotopic (exact) mass is 299 g/mol. The van der Waals surface area contributed by atoms with Gasteiger partial charge in [-0.05, 0) is 61.6 Å². The maximum Gasteiger partial charge on any atom is 0.119 e. The zero-order valence-corrected chi connectivity index (χ0v) is 13.2. The number of ether oxygens (including phenoxy) is 2. The van der Waals surface area contributed by atoms with E-state index in [2.05, 4.69) is 12.1 Å². The summed E-state index contributed by atoms with van der Waals surface area (Å²) < 4.78 is 10.9. The van der Waals surface area contributed by atoms with Crippen molar-refractivity contribution in [1.82, 2.24) is 0 Å². The first-order chi connectivity index (χ1) is 10.8. The zero-order chi connectivity index (χ0) is 15.6. The van der Waals surface area contributed by atoms with Crippen LogP contribution in [0.2, 0.25) is 0 Å². The summed E-state index contributed by atoms with van der Waals surface area (Å²) >= 11 is 0. The van der Waals surface area contributed by atoms with Crippen molar-refractivity contribution in [3.8, 4) is 11.5 Å². The predicted octanol–water partition coefficient (Wildman–Crippen LogP) is 3.99. The number of hydrogen-bond donors (Lipinski definition) is 1. The topological polar surface area (TPSA) is 44.5 Å². The summed E-state index contributed by atoms with van der Waals surface area (Å²) in [5.41, 5.74) is 7.20. The van der Waals surface area contributed by atoms with Gasteiger partial charge >= 0.3 is 0 Å². The first-order valence-electron chi connectivity index (χ1n) is 7.85. The fourth-order valence-electron chi connectivity index (χ4n) is 2.50. The van der Waals surface area contributed by atoms with E-state index in [-0.39, 0.29) is 0 Å². The van der Waals surface area contributed by atoms with Crippen LogP contribution in [-0.4, -0.2) is 20.3 Å². The number of hydrogen-bond acceptors (Lipinski definition) is 3. The normalized spacial score (nSPS) is 11.9. The van der Waals surface area contributed by atoms with Gasteiger partial charge in [0.15, 0.2) is 0 Å². The van der Waals surface area contributed by atoms with Gasteiger partial charge in [0.05, 0.1) is 13.7 Å². The van der Waals surface area contributed by atoms with E-state index in [0.29, 0.717) is 12.5 Å². The molecule has 0 amide bonds. The van der Waals surface area contributed by atoms with E-state index in [4.69, 9.17) is 15.2 Å². The minimum Gasteiger partial charge on any atom is -0.497 e. The second-order valence-electron chi connectivity index (χ2n) is 5.36. The van der Waals surface area contributed by atoms with Crippen molar-refractivity contribution in [2.45, 2.75) is 25.2 Å². The van der Waals surface area contributed by atoms with E-state index < -0.39 is 0 Å². The minimum absolute atomic E-state index is 0.405. The molecular formula is C19H25NO2. The molecule has 118 valence electrons. The van der Waals surface area contributed by atoms with Gasteiger partial charge in [-0.2, -0.15) is 0 Å². The van der Waals surface area contributed by atoms with Crippen LogP contribution in [0.25, 0.3) is 0 Å². The second kappa shape index (κ2) is 9.11. The molecule has 0 radical (unpaired) electrons. The van der Waals surface area contributed by atoms with Crippen LogP contribution in [0.15, 0.2) is 54.6 Å². The van der Waals surface area contributed by atoms with E-state index in [0.717, 1.165) is 37.4 Å². The van der Waals surface area contributed by atoms with Crippen LogP contribution in [-0.2, 0) is 0 Å². The molecule has 0 aromatic heterocycles. The fourth-order valence-corrected chi connectivity index (χ4v) is 2.50. The summed E-state index contributed by atoms with van der Waals surface area (Å²) in [6.07, 6.45) is 3.24. The molecule has 0 fully saturated rings. The van der Waals surface area contributed by atoms with E-state index in [1.54, 1.807) is 7.11 Å². The quantitative estimate of drug-likeness (QED) is 0.712. The lowest BCUT2D eigenvalue weighted by molar-refractivity contribution is 0.303. The Balaban J connectivity index is 1.71. The molecule has 0 saturated heterocycles. The highest BCUT2D eigenvalue weighted by molar-refractivity contribution is 5.29. The first kappa shape index (κ1) is 16.4. The molecule has 2 aromatic rings. The van der Waals surface area contributed by atoms with Crippen LogP contribution in [0.1, 0.15) is 30.7 Å². The summed E-state index contributed by atoms with van der Waals surface area (Å²) in [6, 6.07) is 18.2. The Hall–Kier alpha value is -2.00. The SMILES string of the molecule is COc1ccc(C(CN)CCCCOc2ccccc2)cc1. The largest absolute Gasteiger partial charge is 0.497 e. The Labute approximate surface area is 133 Å². The standard InChI is InChI=1S/C19H25NO2/c1-21-18-12-10-16(11-13-18)17(15-20)7-5-6-14-22-19-8-3-2-4-9-19/h2-4,8-13,17H,5-7,14-15,20H2,1H3. The second-order valence-corrected chi connectivity index (χ2v) is 5.36. The summed E-state index contributed by atoms with van der Waals surface area (Å²) in [6.45, 7) is 1.43. The van der Waals surface area contributed by atoms with E-state index >= 15 is 0 Å². The molecule has 0 aliphatic rings. The number of unbranched alkanes of at least 4 members (excludes halogenated alkanes) is 1. The Kier molecular flexibility index (Phi) is 6.78. The van der Waals surface area contributed by atoms with Gasteiger partial charge in [0.1, 0.15) is 11.5 Å². The van der Waals surface area contributed by atoms with E-state index in [9.17, 15) is 0 Å². The van der Waals surface area contributed by atoms with Crippen LogP contribution in [0, 0.1) is 0 Å². The van der Waals surface area contributed by atoms with Gasteiger partial charge in [0.2, 0.25) is 0 Å². The maximum atomic E-state index is 5.92. The van der Waals surface area contributed by atoms with Crippen LogP contribution in [0.5, 0.6) is 11.5 Å². The van der Waals surface area contributed by atoms with Crippen LogP contribution in [0.4, 0.5) is 0 Å². The highest BCUT2D eigenvalue weighted by Gasteiger charge is 2.09. The molecule has 2 N–H and O–H groups in total. The van der Waals surface area contributed by atoms with Gasteiger partial charge < -0.3 is 15.2 Å². The fraction of sp³-hybridized carbons (Fsp3) is 0.368. The Morgan fingerprint density at radius 1 is 0.909 bits per heavy atom. The Morgan fingerprint density at radius 2 is 1.64 bits per heavy atom. The smallest absolute Gasteiger partial charge is 0.119 e. The lowest BCUT2D eigenvalue weighted by Gasteiger charge is -2.15. The van der Waals surface area contributed by atoms with Crippen LogP contribution in [0.3, 0.4) is 0 Å². The molecule has 0 aliphatic heterocycles. The molecule has 3 nitrogen and oxygen atoms in total. The minimum atomic E-state index is 0.405. The first-order valence-corrected chi connectivity index (χ1v) is 7.85. The van der Waals surface area contributed by atoms with E-state index in [1.807, 2.05) is 42.5 Å². The molecule has 0 aliphatic carbocycles. The van der Waals surface area contributed by atoms with Gasteiger partial charge in [-0.3, -0.25) is 0 Å². The number of methoxy groups -OCH3 is 1. The summed E-state index contributed by atoms with van der Waals surface area (Å²) in [5.74, 6) is 2.23. The molecule has 0 spiro atoms. The van der Waals surface area contributed by atoms with Crippen molar-refractivity contribution < 1.29 is 9.47 Å². The summed E-state index contributed by atoms with van der Waals surface area (Å²) in [7, 11) is 1.68. The predicted molar refractivity (Wildman–Crippen MR) is 90.6 cm³/mol.